The summed E-state index contributed by atoms with van der Waals surface area (Å²) in [5, 5.41) is 8.18. The van der Waals surface area contributed by atoms with Crippen LogP contribution in [0.5, 0.6) is 0 Å². The molecule has 1 aromatic rings. The van der Waals surface area contributed by atoms with E-state index in [4.69, 9.17) is 4.74 Å². The van der Waals surface area contributed by atoms with E-state index in [0.717, 1.165) is 13.0 Å². The fourth-order valence-corrected chi connectivity index (χ4v) is 3.99. The number of hydrogen-bond acceptors (Lipinski definition) is 3. The van der Waals surface area contributed by atoms with Crippen LogP contribution in [0.15, 0.2) is 16.8 Å². The van der Waals surface area contributed by atoms with Gasteiger partial charge in [0.1, 0.15) is 0 Å². The quantitative estimate of drug-likeness (QED) is 0.777. The molecule has 1 saturated carbocycles. The van der Waals surface area contributed by atoms with Gasteiger partial charge in [0.05, 0.1) is 5.60 Å². The summed E-state index contributed by atoms with van der Waals surface area (Å²) in [4.78, 5) is 0. The maximum absolute atomic E-state index is 5.97. The minimum Gasteiger partial charge on any atom is -0.377 e. The minimum absolute atomic E-state index is 0.0885. The minimum atomic E-state index is 0.0885. The molecule has 1 fully saturated rings. The van der Waals surface area contributed by atoms with Crippen molar-refractivity contribution in [1.82, 2.24) is 5.32 Å². The molecular weight excluding hydrogens is 254 g/mol. The fraction of sp³-hybridized carbons (Fsp3) is 0.750. The number of nitrogens with one attached hydrogen (secondary N) is 1. The van der Waals surface area contributed by atoms with E-state index in [-0.39, 0.29) is 5.60 Å². The second-order valence-electron chi connectivity index (χ2n) is 5.65. The van der Waals surface area contributed by atoms with Gasteiger partial charge in [-0.05, 0) is 61.0 Å². The molecule has 0 aromatic carbocycles. The molecule has 1 unspecified atom stereocenters. The number of rotatable bonds is 8. The number of ether oxygens (including phenoxy) is 1. The Bertz CT molecular complexity index is 344. The van der Waals surface area contributed by atoms with Gasteiger partial charge >= 0.3 is 0 Å². The van der Waals surface area contributed by atoms with Crippen LogP contribution in [-0.2, 0) is 11.2 Å². The van der Waals surface area contributed by atoms with Crippen LogP contribution in [0.1, 0.15) is 51.0 Å². The van der Waals surface area contributed by atoms with Gasteiger partial charge in [0.15, 0.2) is 0 Å². The zero-order valence-corrected chi connectivity index (χ0v) is 13.1. The van der Waals surface area contributed by atoms with Crippen LogP contribution in [0.25, 0.3) is 0 Å². The molecule has 2 rings (SSSR count). The highest BCUT2D eigenvalue weighted by molar-refractivity contribution is 7.07. The molecule has 19 heavy (non-hydrogen) atoms. The highest BCUT2D eigenvalue weighted by Gasteiger charge is 2.40. The summed E-state index contributed by atoms with van der Waals surface area (Å²) in [5.41, 5.74) is 1.56. The van der Waals surface area contributed by atoms with E-state index in [1.165, 1.54) is 44.1 Å². The molecule has 108 valence electrons. The van der Waals surface area contributed by atoms with Crippen LogP contribution in [0.3, 0.4) is 0 Å². The van der Waals surface area contributed by atoms with Crippen molar-refractivity contribution >= 4 is 11.3 Å². The molecule has 1 aromatic heterocycles. The third kappa shape index (κ3) is 3.80. The van der Waals surface area contributed by atoms with Crippen LogP contribution in [0.2, 0.25) is 0 Å². The van der Waals surface area contributed by atoms with Gasteiger partial charge in [-0.1, -0.05) is 19.8 Å². The molecule has 0 bridgehead atoms. The Hall–Kier alpha value is -0.380. The molecular formula is C16H27NOS. The Labute approximate surface area is 121 Å². The standard InChI is InChI=1S/C16H27NOS/c1-3-11-17-15(7-6-14-8-12-19-13-14)16(18-2)9-4-5-10-16/h8,12-13,15,17H,3-7,9-11H2,1-2H3. The smallest absolute Gasteiger partial charge is 0.0831 e. The van der Waals surface area contributed by atoms with Gasteiger partial charge < -0.3 is 10.1 Å². The fourth-order valence-electron chi connectivity index (χ4n) is 3.28. The first-order chi connectivity index (χ1) is 9.30. The summed E-state index contributed by atoms with van der Waals surface area (Å²) in [6.07, 6.45) is 8.60. The van der Waals surface area contributed by atoms with E-state index in [1.54, 1.807) is 11.3 Å². The molecule has 1 N–H and O–H groups in total. The van der Waals surface area contributed by atoms with Crippen molar-refractivity contribution in [3.63, 3.8) is 0 Å². The first-order valence-corrected chi connectivity index (χ1v) is 8.54. The van der Waals surface area contributed by atoms with Crippen molar-refractivity contribution in [2.24, 2.45) is 0 Å². The molecule has 1 aliphatic rings. The lowest BCUT2D eigenvalue weighted by Crippen LogP contribution is -2.50. The third-order valence-electron chi connectivity index (χ3n) is 4.43. The van der Waals surface area contributed by atoms with E-state index in [0.29, 0.717) is 6.04 Å². The average Bonchev–Trinajstić information content (AvgIpc) is 3.10. The van der Waals surface area contributed by atoms with Crippen LogP contribution in [-0.4, -0.2) is 25.3 Å². The van der Waals surface area contributed by atoms with Crippen molar-refractivity contribution in [2.45, 2.75) is 63.5 Å². The summed E-state index contributed by atoms with van der Waals surface area (Å²) in [6, 6.07) is 2.75. The van der Waals surface area contributed by atoms with Crippen molar-refractivity contribution in [1.29, 1.82) is 0 Å². The Morgan fingerprint density at radius 3 is 2.79 bits per heavy atom. The maximum Gasteiger partial charge on any atom is 0.0831 e. The molecule has 0 spiro atoms. The first kappa shape index (κ1) is 15.0. The summed E-state index contributed by atoms with van der Waals surface area (Å²) in [6.45, 7) is 3.33. The lowest BCUT2D eigenvalue weighted by molar-refractivity contribution is -0.0376. The zero-order valence-electron chi connectivity index (χ0n) is 12.3. The Morgan fingerprint density at radius 2 is 2.21 bits per heavy atom. The molecule has 1 heterocycles. The van der Waals surface area contributed by atoms with Crippen molar-refractivity contribution in [3.05, 3.63) is 22.4 Å². The maximum atomic E-state index is 5.97. The number of aryl methyl sites for hydroxylation is 1. The lowest BCUT2D eigenvalue weighted by Gasteiger charge is -2.37. The summed E-state index contributed by atoms with van der Waals surface area (Å²) in [7, 11) is 1.90. The first-order valence-electron chi connectivity index (χ1n) is 7.60. The zero-order chi connectivity index (χ0) is 13.6. The van der Waals surface area contributed by atoms with E-state index in [2.05, 4.69) is 29.1 Å². The van der Waals surface area contributed by atoms with Crippen molar-refractivity contribution in [2.75, 3.05) is 13.7 Å². The summed E-state index contributed by atoms with van der Waals surface area (Å²) >= 11 is 1.79. The van der Waals surface area contributed by atoms with Gasteiger partial charge in [-0.2, -0.15) is 11.3 Å². The van der Waals surface area contributed by atoms with Crippen LogP contribution < -0.4 is 5.32 Å². The van der Waals surface area contributed by atoms with Crippen molar-refractivity contribution < 1.29 is 4.74 Å². The van der Waals surface area contributed by atoms with Gasteiger partial charge in [0.2, 0.25) is 0 Å². The van der Waals surface area contributed by atoms with E-state index in [1.807, 2.05) is 7.11 Å². The highest BCUT2D eigenvalue weighted by atomic mass is 32.1. The molecule has 0 radical (unpaired) electrons. The molecule has 2 nitrogen and oxygen atoms in total. The molecule has 1 aliphatic carbocycles. The lowest BCUT2D eigenvalue weighted by atomic mass is 9.87. The van der Waals surface area contributed by atoms with Gasteiger partial charge in [-0.25, -0.2) is 0 Å². The topological polar surface area (TPSA) is 21.3 Å². The Balaban J connectivity index is 1.97. The monoisotopic (exact) mass is 281 g/mol. The van der Waals surface area contributed by atoms with Gasteiger partial charge in [-0.3, -0.25) is 0 Å². The number of thiophene rings is 1. The second kappa shape index (κ2) is 7.41. The third-order valence-corrected chi connectivity index (χ3v) is 5.17. The predicted molar refractivity (Wildman–Crippen MR) is 82.9 cm³/mol. The number of hydrogen-bond donors (Lipinski definition) is 1. The van der Waals surface area contributed by atoms with Crippen molar-refractivity contribution in [3.8, 4) is 0 Å². The van der Waals surface area contributed by atoms with Gasteiger partial charge in [0, 0.05) is 13.2 Å². The Kier molecular flexibility index (Phi) is 5.86. The highest BCUT2D eigenvalue weighted by Crippen LogP contribution is 2.37. The van der Waals surface area contributed by atoms with Crippen LogP contribution >= 0.6 is 11.3 Å². The second-order valence-corrected chi connectivity index (χ2v) is 6.43. The molecule has 1 atom stereocenters. The molecule has 0 amide bonds. The van der Waals surface area contributed by atoms with Gasteiger partial charge in [-0.15, -0.1) is 0 Å². The Morgan fingerprint density at radius 1 is 1.42 bits per heavy atom. The predicted octanol–water partition coefficient (Wildman–Crippen LogP) is 4.01. The summed E-state index contributed by atoms with van der Waals surface area (Å²) < 4.78 is 5.97. The molecule has 3 heteroatoms. The molecule has 0 saturated heterocycles. The largest absolute Gasteiger partial charge is 0.377 e. The normalized spacial score (nSPS) is 19.7. The van der Waals surface area contributed by atoms with E-state index < -0.39 is 0 Å². The van der Waals surface area contributed by atoms with Crippen LogP contribution in [0.4, 0.5) is 0 Å². The van der Waals surface area contributed by atoms with Gasteiger partial charge in [0.25, 0.3) is 0 Å². The molecule has 0 aliphatic heterocycles. The SMILES string of the molecule is CCCNC(CCc1ccsc1)C1(OC)CCCC1. The van der Waals surface area contributed by atoms with E-state index in [9.17, 15) is 0 Å². The average molecular weight is 281 g/mol. The van der Waals surface area contributed by atoms with E-state index >= 15 is 0 Å². The number of methoxy groups -OCH3 is 1. The summed E-state index contributed by atoms with van der Waals surface area (Å²) in [5.74, 6) is 0. The van der Waals surface area contributed by atoms with Crippen LogP contribution in [0, 0.1) is 0 Å².